The molecule has 7 heteroatoms. The number of aromatic nitrogens is 2. The number of fused-ring (bicyclic) bond motifs is 1. The highest BCUT2D eigenvalue weighted by molar-refractivity contribution is 5.73. The van der Waals surface area contributed by atoms with E-state index in [2.05, 4.69) is 10.3 Å². The van der Waals surface area contributed by atoms with Crippen LogP contribution in [-0.4, -0.2) is 60.7 Å². The highest BCUT2D eigenvalue weighted by Gasteiger charge is 2.24. The molecule has 1 fully saturated rings. The molecular weight excluding hydrogens is 318 g/mol. The molecular formula is C18H29N5O2. The van der Waals surface area contributed by atoms with E-state index < -0.39 is 0 Å². The number of rotatable bonds is 5. The van der Waals surface area contributed by atoms with Gasteiger partial charge in [0.2, 0.25) is 11.9 Å². The largest absolute Gasteiger partial charge is 0.378 e. The number of nitrogens with one attached hydrogen (secondary N) is 1. The topological polar surface area (TPSA) is 70.6 Å². The van der Waals surface area contributed by atoms with Gasteiger partial charge >= 0.3 is 0 Å². The van der Waals surface area contributed by atoms with Crippen molar-refractivity contribution in [3.05, 3.63) is 11.3 Å². The minimum Gasteiger partial charge on any atom is -0.378 e. The number of hydrogen-bond acceptors (Lipinski definition) is 6. The van der Waals surface area contributed by atoms with Crippen LogP contribution in [0, 0.1) is 0 Å². The van der Waals surface area contributed by atoms with Gasteiger partial charge in [-0.15, -0.1) is 0 Å². The molecule has 3 heterocycles. The summed E-state index contributed by atoms with van der Waals surface area (Å²) >= 11 is 0. The number of nitrogens with zero attached hydrogens (tertiary/aromatic N) is 4. The molecule has 3 rings (SSSR count). The van der Waals surface area contributed by atoms with Gasteiger partial charge in [-0.3, -0.25) is 4.79 Å². The zero-order valence-electron chi connectivity index (χ0n) is 15.5. The third-order valence-corrected chi connectivity index (χ3v) is 4.93. The first-order valence-corrected chi connectivity index (χ1v) is 9.22. The Morgan fingerprint density at radius 3 is 2.88 bits per heavy atom. The van der Waals surface area contributed by atoms with Crippen molar-refractivity contribution < 1.29 is 9.53 Å². The van der Waals surface area contributed by atoms with Gasteiger partial charge in [0.1, 0.15) is 5.82 Å². The van der Waals surface area contributed by atoms with Crippen molar-refractivity contribution >= 4 is 17.7 Å². The van der Waals surface area contributed by atoms with E-state index in [1.807, 2.05) is 23.9 Å². The van der Waals surface area contributed by atoms with Gasteiger partial charge in [0.15, 0.2) is 0 Å². The fourth-order valence-electron chi connectivity index (χ4n) is 3.42. The van der Waals surface area contributed by atoms with Crippen molar-refractivity contribution in [2.75, 3.05) is 44.0 Å². The smallest absolute Gasteiger partial charge is 0.227 e. The van der Waals surface area contributed by atoms with Crippen molar-refractivity contribution in [2.24, 2.45) is 0 Å². The molecule has 1 saturated heterocycles. The Morgan fingerprint density at radius 1 is 1.36 bits per heavy atom. The molecule has 0 bridgehead atoms. The van der Waals surface area contributed by atoms with Gasteiger partial charge in [-0.1, -0.05) is 0 Å². The highest BCUT2D eigenvalue weighted by atomic mass is 16.5. The fourth-order valence-corrected chi connectivity index (χ4v) is 3.42. The number of amides is 1. The average Bonchev–Trinajstić information content (AvgIpc) is 2.61. The van der Waals surface area contributed by atoms with Crippen molar-refractivity contribution in [1.82, 2.24) is 14.9 Å². The molecule has 1 aromatic heterocycles. The van der Waals surface area contributed by atoms with Crippen LogP contribution in [0.5, 0.6) is 0 Å². The van der Waals surface area contributed by atoms with Gasteiger partial charge in [-0.25, -0.2) is 4.98 Å². The molecule has 25 heavy (non-hydrogen) atoms. The molecule has 0 spiro atoms. The summed E-state index contributed by atoms with van der Waals surface area (Å²) in [6, 6.07) is 0. The van der Waals surface area contributed by atoms with E-state index in [4.69, 9.17) is 9.72 Å². The van der Waals surface area contributed by atoms with Crippen LogP contribution < -0.4 is 10.2 Å². The Hall–Kier alpha value is -1.89. The minimum absolute atomic E-state index is 0.0969. The second kappa shape index (κ2) is 7.99. The summed E-state index contributed by atoms with van der Waals surface area (Å²) in [6.07, 6.45) is 5.75. The fraction of sp³-hybridized carbons (Fsp3) is 0.722. The van der Waals surface area contributed by atoms with Crippen LogP contribution in [0.3, 0.4) is 0 Å². The molecule has 1 N–H and O–H groups in total. The lowest BCUT2D eigenvalue weighted by Crippen LogP contribution is -2.36. The summed E-state index contributed by atoms with van der Waals surface area (Å²) in [6.45, 7) is 4.64. The maximum Gasteiger partial charge on any atom is 0.227 e. The van der Waals surface area contributed by atoms with Gasteiger partial charge in [0, 0.05) is 46.3 Å². The molecule has 0 aliphatic carbocycles. The molecule has 1 amide bonds. The summed E-state index contributed by atoms with van der Waals surface area (Å²) in [5, 5.41) is 3.50. The predicted molar refractivity (Wildman–Crippen MR) is 97.9 cm³/mol. The summed E-state index contributed by atoms with van der Waals surface area (Å²) in [5.41, 5.74) is 2.10. The van der Waals surface area contributed by atoms with Crippen molar-refractivity contribution in [2.45, 2.75) is 51.7 Å². The number of hydrogen-bond donors (Lipinski definition) is 1. The van der Waals surface area contributed by atoms with E-state index in [1.54, 1.807) is 6.92 Å². The molecule has 1 unspecified atom stereocenters. The summed E-state index contributed by atoms with van der Waals surface area (Å²) in [7, 11) is 3.87. The SMILES string of the molecule is CC(=O)N1CCc2c(nc(N(C)C)nc2NCCC2CCCCO2)C1. The lowest BCUT2D eigenvalue weighted by molar-refractivity contribution is -0.129. The maximum absolute atomic E-state index is 11.7. The molecule has 7 nitrogen and oxygen atoms in total. The average molecular weight is 347 g/mol. The molecule has 2 aliphatic heterocycles. The molecule has 0 aromatic carbocycles. The predicted octanol–water partition coefficient (Wildman–Crippen LogP) is 1.82. The number of ether oxygens (including phenoxy) is 1. The third kappa shape index (κ3) is 4.39. The van der Waals surface area contributed by atoms with Crippen LogP contribution in [0.25, 0.3) is 0 Å². The van der Waals surface area contributed by atoms with Crippen molar-refractivity contribution in [1.29, 1.82) is 0 Å². The molecule has 2 aliphatic rings. The Kier molecular flexibility index (Phi) is 5.73. The van der Waals surface area contributed by atoms with Gasteiger partial charge in [-0.2, -0.15) is 4.98 Å². The normalized spacial score (nSPS) is 20.1. The summed E-state index contributed by atoms with van der Waals surface area (Å²) in [5.74, 6) is 1.69. The zero-order chi connectivity index (χ0) is 17.8. The van der Waals surface area contributed by atoms with Crippen LogP contribution in [0.2, 0.25) is 0 Å². The molecule has 138 valence electrons. The maximum atomic E-state index is 11.7. The van der Waals surface area contributed by atoms with E-state index in [9.17, 15) is 4.79 Å². The van der Waals surface area contributed by atoms with E-state index in [0.717, 1.165) is 56.0 Å². The lowest BCUT2D eigenvalue weighted by Gasteiger charge is -2.29. The van der Waals surface area contributed by atoms with Crippen LogP contribution in [0.1, 0.15) is 43.9 Å². The highest BCUT2D eigenvalue weighted by Crippen LogP contribution is 2.26. The van der Waals surface area contributed by atoms with Gasteiger partial charge < -0.3 is 19.9 Å². The Bertz CT molecular complexity index is 614. The first kappa shape index (κ1) is 17.9. The van der Waals surface area contributed by atoms with E-state index >= 15 is 0 Å². The standard InChI is InChI=1S/C18H29N5O2/c1-13(24)23-10-8-15-16(12-23)20-18(22(2)3)21-17(15)19-9-7-14-6-4-5-11-25-14/h14H,4-12H2,1-3H3,(H,19,20,21). The van der Waals surface area contributed by atoms with Crippen LogP contribution >= 0.6 is 0 Å². The second-order valence-corrected chi connectivity index (χ2v) is 7.09. The second-order valence-electron chi connectivity index (χ2n) is 7.09. The Labute approximate surface area is 149 Å². The first-order chi connectivity index (χ1) is 12.0. The van der Waals surface area contributed by atoms with Crippen molar-refractivity contribution in [3.8, 4) is 0 Å². The zero-order valence-corrected chi connectivity index (χ0v) is 15.5. The van der Waals surface area contributed by atoms with E-state index in [1.165, 1.54) is 12.8 Å². The number of anilines is 2. The van der Waals surface area contributed by atoms with Crippen LogP contribution in [0.15, 0.2) is 0 Å². The molecule has 1 atom stereocenters. The van der Waals surface area contributed by atoms with Gasteiger partial charge in [-0.05, 0) is 32.1 Å². The Balaban J connectivity index is 1.72. The van der Waals surface area contributed by atoms with Crippen LogP contribution in [0.4, 0.5) is 11.8 Å². The third-order valence-electron chi connectivity index (χ3n) is 4.93. The molecule has 0 radical (unpaired) electrons. The van der Waals surface area contributed by atoms with Gasteiger partial charge in [0.05, 0.1) is 18.3 Å². The number of carbonyl (C=O) groups is 1. The monoisotopic (exact) mass is 347 g/mol. The van der Waals surface area contributed by atoms with Crippen molar-refractivity contribution in [3.63, 3.8) is 0 Å². The summed E-state index contributed by atoms with van der Waals surface area (Å²) < 4.78 is 5.81. The van der Waals surface area contributed by atoms with Crippen LogP contribution in [-0.2, 0) is 22.5 Å². The van der Waals surface area contributed by atoms with E-state index in [0.29, 0.717) is 18.6 Å². The molecule has 0 saturated carbocycles. The quantitative estimate of drug-likeness (QED) is 0.876. The molecule has 1 aromatic rings. The number of carbonyl (C=O) groups excluding carboxylic acids is 1. The van der Waals surface area contributed by atoms with Gasteiger partial charge in [0.25, 0.3) is 0 Å². The lowest BCUT2D eigenvalue weighted by atomic mass is 10.0. The van der Waals surface area contributed by atoms with E-state index in [-0.39, 0.29) is 5.91 Å². The minimum atomic E-state index is 0.0969. The first-order valence-electron chi connectivity index (χ1n) is 9.22. The Morgan fingerprint density at radius 2 is 2.20 bits per heavy atom. The summed E-state index contributed by atoms with van der Waals surface area (Å²) in [4.78, 5) is 24.8.